The van der Waals surface area contributed by atoms with Crippen LogP contribution in [0.2, 0.25) is 0 Å². The third-order valence-electron chi connectivity index (χ3n) is 4.34. The number of thioether (sulfide) groups is 1. The molecule has 94 valence electrons. The molecule has 4 atom stereocenters. The van der Waals surface area contributed by atoms with E-state index in [4.69, 9.17) is 5.73 Å². The molecule has 2 fully saturated rings. The SMILES string of the molecule is CC1CCC(C)N(C(CN)C2CCSC2)C1. The maximum Gasteiger partial charge on any atom is 0.0257 e. The Morgan fingerprint density at radius 2 is 2.12 bits per heavy atom. The van der Waals surface area contributed by atoms with E-state index in [9.17, 15) is 0 Å². The van der Waals surface area contributed by atoms with Gasteiger partial charge in [-0.25, -0.2) is 0 Å². The van der Waals surface area contributed by atoms with Gasteiger partial charge in [0.1, 0.15) is 0 Å². The van der Waals surface area contributed by atoms with Crippen molar-refractivity contribution >= 4 is 11.8 Å². The highest BCUT2D eigenvalue weighted by atomic mass is 32.2. The summed E-state index contributed by atoms with van der Waals surface area (Å²) in [6.07, 6.45) is 4.13. The minimum absolute atomic E-state index is 0.646. The molecule has 2 aliphatic rings. The van der Waals surface area contributed by atoms with Crippen molar-refractivity contribution in [2.24, 2.45) is 17.6 Å². The molecule has 3 heteroatoms. The van der Waals surface area contributed by atoms with Crippen LogP contribution in [0.1, 0.15) is 33.1 Å². The Labute approximate surface area is 104 Å². The largest absolute Gasteiger partial charge is 0.329 e. The van der Waals surface area contributed by atoms with E-state index in [0.717, 1.165) is 24.4 Å². The summed E-state index contributed by atoms with van der Waals surface area (Å²) in [4.78, 5) is 2.71. The summed E-state index contributed by atoms with van der Waals surface area (Å²) in [5, 5.41) is 0. The van der Waals surface area contributed by atoms with E-state index in [2.05, 4.69) is 30.5 Å². The second-order valence-corrected chi connectivity index (χ2v) is 6.80. The first-order valence-electron chi connectivity index (χ1n) is 6.76. The van der Waals surface area contributed by atoms with Crippen molar-refractivity contribution in [3.05, 3.63) is 0 Å². The van der Waals surface area contributed by atoms with Gasteiger partial charge in [-0.15, -0.1) is 0 Å². The molecule has 0 radical (unpaired) electrons. The second-order valence-electron chi connectivity index (χ2n) is 5.66. The predicted molar refractivity (Wildman–Crippen MR) is 72.8 cm³/mol. The van der Waals surface area contributed by atoms with Gasteiger partial charge >= 0.3 is 0 Å². The highest BCUT2D eigenvalue weighted by molar-refractivity contribution is 7.99. The van der Waals surface area contributed by atoms with Crippen LogP contribution in [-0.4, -0.2) is 41.6 Å². The molecule has 0 spiro atoms. The van der Waals surface area contributed by atoms with Gasteiger partial charge in [0.05, 0.1) is 0 Å². The molecular weight excluding hydrogens is 216 g/mol. The van der Waals surface area contributed by atoms with E-state index in [1.54, 1.807) is 0 Å². The van der Waals surface area contributed by atoms with Crippen LogP contribution in [0.3, 0.4) is 0 Å². The first-order valence-corrected chi connectivity index (χ1v) is 7.91. The van der Waals surface area contributed by atoms with Gasteiger partial charge in [-0.05, 0) is 49.5 Å². The lowest BCUT2D eigenvalue weighted by atomic mass is 9.89. The minimum Gasteiger partial charge on any atom is -0.329 e. The van der Waals surface area contributed by atoms with Gasteiger partial charge in [0.2, 0.25) is 0 Å². The van der Waals surface area contributed by atoms with Crippen LogP contribution in [0.5, 0.6) is 0 Å². The van der Waals surface area contributed by atoms with E-state index in [0.29, 0.717) is 6.04 Å². The summed E-state index contributed by atoms with van der Waals surface area (Å²) in [7, 11) is 0. The van der Waals surface area contributed by atoms with Crippen molar-refractivity contribution in [2.75, 3.05) is 24.6 Å². The summed E-state index contributed by atoms with van der Waals surface area (Å²) in [6.45, 7) is 6.89. The Kier molecular flexibility index (Phi) is 4.57. The number of hydrogen-bond acceptors (Lipinski definition) is 3. The Morgan fingerprint density at radius 1 is 1.31 bits per heavy atom. The first kappa shape index (κ1) is 12.7. The van der Waals surface area contributed by atoms with Crippen molar-refractivity contribution in [1.29, 1.82) is 0 Å². The summed E-state index contributed by atoms with van der Waals surface area (Å²) in [5.74, 6) is 4.39. The number of hydrogen-bond donors (Lipinski definition) is 1. The quantitative estimate of drug-likeness (QED) is 0.822. The summed E-state index contributed by atoms with van der Waals surface area (Å²) in [6, 6.07) is 1.39. The van der Waals surface area contributed by atoms with Gasteiger partial charge in [-0.1, -0.05) is 6.92 Å². The van der Waals surface area contributed by atoms with Crippen LogP contribution >= 0.6 is 11.8 Å². The van der Waals surface area contributed by atoms with Crippen LogP contribution in [0.4, 0.5) is 0 Å². The molecule has 4 unspecified atom stereocenters. The Hall–Kier alpha value is 0.270. The summed E-state index contributed by atoms with van der Waals surface area (Å²) < 4.78 is 0. The van der Waals surface area contributed by atoms with Crippen molar-refractivity contribution in [3.8, 4) is 0 Å². The van der Waals surface area contributed by atoms with E-state index >= 15 is 0 Å². The monoisotopic (exact) mass is 242 g/mol. The number of rotatable bonds is 3. The fourth-order valence-electron chi connectivity index (χ4n) is 3.24. The summed E-state index contributed by atoms with van der Waals surface area (Å²) >= 11 is 2.11. The van der Waals surface area contributed by atoms with Crippen LogP contribution in [0, 0.1) is 11.8 Å². The van der Waals surface area contributed by atoms with Gasteiger partial charge in [-0.3, -0.25) is 4.90 Å². The molecule has 0 aromatic rings. The number of likely N-dealkylation sites (tertiary alicyclic amines) is 1. The van der Waals surface area contributed by atoms with E-state index in [1.807, 2.05) is 0 Å². The normalized spacial score (nSPS) is 38.8. The molecule has 2 heterocycles. The van der Waals surface area contributed by atoms with Gasteiger partial charge < -0.3 is 5.73 Å². The molecule has 0 aromatic heterocycles. The first-order chi connectivity index (χ1) is 7.72. The molecular formula is C13H26N2S. The molecule has 2 aliphatic heterocycles. The van der Waals surface area contributed by atoms with Crippen LogP contribution in [0.15, 0.2) is 0 Å². The lowest BCUT2D eigenvalue weighted by Gasteiger charge is -2.44. The van der Waals surface area contributed by atoms with Gasteiger partial charge in [-0.2, -0.15) is 11.8 Å². The molecule has 2 N–H and O–H groups in total. The third kappa shape index (κ3) is 2.74. The Bertz CT molecular complexity index is 216. The smallest absolute Gasteiger partial charge is 0.0257 e. The topological polar surface area (TPSA) is 29.3 Å². The van der Waals surface area contributed by atoms with Crippen molar-refractivity contribution in [2.45, 2.75) is 45.2 Å². The number of nitrogens with zero attached hydrogens (tertiary/aromatic N) is 1. The third-order valence-corrected chi connectivity index (χ3v) is 5.53. The summed E-state index contributed by atoms with van der Waals surface area (Å²) in [5.41, 5.74) is 6.04. The van der Waals surface area contributed by atoms with Crippen LogP contribution in [-0.2, 0) is 0 Å². The van der Waals surface area contributed by atoms with Gasteiger partial charge in [0.25, 0.3) is 0 Å². The fraction of sp³-hybridized carbons (Fsp3) is 1.00. The highest BCUT2D eigenvalue weighted by Gasteiger charge is 2.34. The van der Waals surface area contributed by atoms with Crippen molar-refractivity contribution in [1.82, 2.24) is 4.90 Å². The molecule has 0 aliphatic carbocycles. The Balaban J connectivity index is 2.00. The molecule has 2 saturated heterocycles. The predicted octanol–water partition coefficient (Wildman–Crippen LogP) is 2.19. The fourth-order valence-corrected chi connectivity index (χ4v) is 4.57. The average molecular weight is 242 g/mol. The molecule has 0 amide bonds. The van der Waals surface area contributed by atoms with Gasteiger partial charge in [0.15, 0.2) is 0 Å². The second kappa shape index (κ2) is 5.74. The van der Waals surface area contributed by atoms with Crippen LogP contribution < -0.4 is 5.73 Å². The molecule has 16 heavy (non-hydrogen) atoms. The molecule has 2 nitrogen and oxygen atoms in total. The standard InChI is InChI=1S/C13H26N2S/c1-10-3-4-11(2)15(8-10)13(7-14)12-5-6-16-9-12/h10-13H,3-9,14H2,1-2H3. The zero-order chi connectivity index (χ0) is 11.5. The number of piperidine rings is 1. The van der Waals surface area contributed by atoms with Gasteiger partial charge in [0, 0.05) is 25.2 Å². The Morgan fingerprint density at radius 3 is 2.75 bits per heavy atom. The zero-order valence-electron chi connectivity index (χ0n) is 10.7. The van der Waals surface area contributed by atoms with Crippen molar-refractivity contribution < 1.29 is 0 Å². The van der Waals surface area contributed by atoms with E-state index in [1.165, 1.54) is 37.3 Å². The van der Waals surface area contributed by atoms with Crippen molar-refractivity contribution in [3.63, 3.8) is 0 Å². The molecule has 0 saturated carbocycles. The molecule has 2 rings (SSSR count). The number of nitrogens with two attached hydrogens (primary N) is 1. The van der Waals surface area contributed by atoms with E-state index in [-0.39, 0.29) is 0 Å². The highest BCUT2D eigenvalue weighted by Crippen LogP contribution is 2.32. The van der Waals surface area contributed by atoms with Crippen LogP contribution in [0.25, 0.3) is 0 Å². The maximum absolute atomic E-state index is 6.04. The molecule has 0 bridgehead atoms. The molecule has 0 aromatic carbocycles. The minimum atomic E-state index is 0.646. The lowest BCUT2D eigenvalue weighted by Crippen LogP contribution is -2.53. The lowest BCUT2D eigenvalue weighted by molar-refractivity contribution is 0.0562. The maximum atomic E-state index is 6.04. The average Bonchev–Trinajstić information content (AvgIpc) is 2.78. The zero-order valence-corrected chi connectivity index (χ0v) is 11.5. The van der Waals surface area contributed by atoms with E-state index < -0.39 is 0 Å².